The fraction of sp³-hybridized carbons (Fsp3) is 0.333. The number of unbranched alkanes of at least 4 members (excludes halogenated alkanes) is 1. The summed E-state index contributed by atoms with van der Waals surface area (Å²) < 4.78 is 0. The minimum atomic E-state index is 0.280. The lowest BCUT2D eigenvalue weighted by Crippen LogP contribution is -2.27. The Morgan fingerprint density at radius 3 is 2.67 bits per heavy atom. The normalized spacial score (nSPS) is 12.1. The molecule has 0 unspecified atom stereocenters. The van der Waals surface area contributed by atoms with Crippen LogP contribution in [0.1, 0.15) is 25.3 Å². The molecule has 0 fully saturated rings. The Morgan fingerprint density at radius 2 is 2.06 bits per heavy atom. The number of nitrogens with one attached hydrogen (secondary N) is 1. The highest BCUT2D eigenvalue weighted by molar-refractivity contribution is 6.38. The molecule has 0 atom stereocenters. The van der Waals surface area contributed by atoms with Gasteiger partial charge >= 0.3 is 0 Å². The van der Waals surface area contributed by atoms with Crippen molar-refractivity contribution in [2.45, 2.75) is 19.8 Å². The molecule has 0 saturated carbocycles. The summed E-state index contributed by atoms with van der Waals surface area (Å²) in [5.74, 6) is 0.280. The fourth-order valence-electron chi connectivity index (χ4n) is 1.19. The van der Waals surface area contributed by atoms with E-state index in [-0.39, 0.29) is 5.96 Å². The van der Waals surface area contributed by atoms with Crippen LogP contribution in [0.4, 0.5) is 0 Å². The molecule has 0 aliphatic heterocycles. The summed E-state index contributed by atoms with van der Waals surface area (Å²) in [7, 11) is 0. The van der Waals surface area contributed by atoms with Crippen molar-refractivity contribution >= 4 is 35.4 Å². The van der Waals surface area contributed by atoms with E-state index in [1.54, 1.807) is 18.2 Å². The molecule has 0 bridgehead atoms. The number of halogens is 2. The van der Waals surface area contributed by atoms with Crippen LogP contribution in [-0.4, -0.2) is 18.7 Å². The van der Waals surface area contributed by atoms with Gasteiger partial charge in [0.05, 0.1) is 16.3 Å². The number of guanidine groups is 1. The minimum absolute atomic E-state index is 0.280. The average molecular weight is 287 g/mol. The van der Waals surface area contributed by atoms with E-state index in [1.807, 2.05) is 0 Å². The second-order valence-electron chi connectivity index (χ2n) is 3.63. The van der Waals surface area contributed by atoms with Crippen molar-refractivity contribution in [1.82, 2.24) is 5.43 Å². The van der Waals surface area contributed by atoms with Crippen LogP contribution < -0.4 is 11.2 Å². The monoisotopic (exact) mass is 286 g/mol. The first-order valence-corrected chi connectivity index (χ1v) is 6.43. The van der Waals surface area contributed by atoms with Crippen molar-refractivity contribution < 1.29 is 0 Å². The van der Waals surface area contributed by atoms with Gasteiger partial charge in [-0.15, -0.1) is 0 Å². The zero-order valence-corrected chi connectivity index (χ0v) is 11.7. The summed E-state index contributed by atoms with van der Waals surface area (Å²) >= 11 is 12.0. The van der Waals surface area contributed by atoms with Gasteiger partial charge in [-0.3, -0.25) is 4.99 Å². The Labute approximate surface area is 117 Å². The molecular weight excluding hydrogens is 271 g/mol. The summed E-state index contributed by atoms with van der Waals surface area (Å²) in [6.45, 7) is 2.79. The number of aliphatic imine (C=N–C) groups is 1. The standard InChI is InChI=1S/C12H16Cl2N4/c1-2-3-7-16-12(15)18-17-8-9-10(13)5-4-6-11(9)14/h4-6,8H,2-3,7H2,1H3,(H3,15,16,18). The lowest BCUT2D eigenvalue weighted by Gasteiger charge is -2.01. The molecule has 0 radical (unpaired) electrons. The summed E-state index contributed by atoms with van der Waals surface area (Å²) in [6.07, 6.45) is 3.60. The molecule has 0 aliphatic rings. The van der Waals surface area contributed by atoms with Gasteiger partial charge < -0.3 is 5.73 Å². The number of nitrogens with two attached hydrogens (primary N) is 1. The van der Waals surface area contributed by atoms with Crippen molar-refractivity contribution in [3.05, 3.63) is 33.8 Å². The number of nitrogens with zero attached hydrogens (tertiary/aromatic N) is 2. The van der Waals surface area contributed by atoms with E-state index in [4.69, 9.17) is 28.9 Å². The van der Waals surface area contributed by atoms with Crippen molar-refractivity contribution in [3.63, 3.8) is 0 Å². The summed E-state index contributed by atoms with van der Waals surface area (Å²) in [5.41, 5.74) is 8.89. The van der Waals surface area contributed by atoms with Crippen LogP contribution in [0.2, 0.25) is 10.0 Å². The molecule has 1 aromatic rings. The minimum Gasteiger partial charge on any atom is -0.369 e. The smallest absolute Gasteiger partial charge is 0.209 e. The molecule has 1 aromatic carbocycles. The first-order valence-electron chi connectivity index (χ1n) is 5.68. The molecule has 6 heteroatoms. The molecule has 0 amide bonds. The highest BCUT2D eigenvalue weighted by Crippen LogP contribution is 2.21. The lowest BCUT2D eigenvalue weighted by molar-refractivity contribution is 0.800. The van der Waals surface area contributed by atoms with E-state index in [9.17, 15) is 0 Å². The molecule has 0 saturated heterocycles. The van der Waals surface area contributed by atoms with E-state index in [0.29, 0.717) is 22.2 Å². The molecule has 0 aliphatic carbocycles. The Balaban J connectivity index is 2.57. The summed E-state index contributed by atoms with van der Waals surface area (Å²) in [5, 5.41) is 5.02. The van der Waals surface area contributed by atoms with Crippen LogP contribution in [0.25, 0.3) is 0 Å². The molecular formula is C12H16Cl2N4. The predicted molar refractivity (Wildman–Crippen MR) is 78.6 cm³/mol. The van der Waals surface area contributed by atoms with Gasteiger partial charge in [-0.2, -0.15) is 5.10 Å². The van der Waals surface area contributed by atoms with Crippen LogP contribution >= 0.6 is 23.2 Å². The van der Waals surface area contributed by atoms with Crippen LogP contribution in [0, 0.1) is 0 Å². The zero-order valence-electron chi connectivity index (χ0n) is 10.2. The van der Waals surface area contributed by atoms with Gasteiger partial charge in [-0.05, 0) is 18.6 Å². The van der Waals surface area contributed by atoms with E-state index in [2.05, 4.69) is 22.4 Å². The van der Waals surface area contributed by atoms with E-state index in [0.717, 1.165) is 12.8 Å². The van der Waals surface area contributed by atoms with Gasteiger partial charge in [0, 0.05) is 12.1 Å². The van der Waals surface area contributed by atoms with Gasteiger partial charge in [-0.1, -0.05) is 42.6 Å². The Hall–Kier alpha value is -1.26. The highest BCUT2D eigenvalue weighted by atomic mass is 35.5. The molecule has 18 heavy (non-hydrogen) atoms. The molecule has 4 nitrogen and oxygen atoms in total. The Bertz CT molecular complexity index is 423. The first kappa shape index (κ1) is 14.8. The van der Waals surface area contributed by atoms with Crippen molar-refractivity contribution in [3.8, 4) is 0 Å². The van der Waals surface area contributed by atoms with Crippen molar-refractivity contribution in [1.29, 1.82) is 0 Å². The number of hydrogen-bond donors (Lipinski definition) is 2. The largest absolute Gasteiger partial charge is 0.369 e. The maximum Gasteiger partial charge on any atom is 0.209 e. The number of hydrogen-bond acceptors (Lipinski definition) is 2. The van der Waals surface area contributed by atoms with Crippen molar-refractivity contribution in [2.75, 3.05) is 6.54 Å². The summed E-state index contributed by atoms with van der Waals surface area (Å²) in [6, 6.07) is 5.26. The quantitative estimate of drug-likeness (QED) is 0.378. The molecule has 98 valence electrons. The van der Waals surface area contributed by atoms with E-state index in [1.165, 1.54) is 6.21 Å². The van der Waals surface area contributed by atoms with Crippen LogP contribution in [0.3, 0.4) is 0 Å². The molecule has 0 heterocycles. The van der Waals surface area contributed by atoms with E-state index >= 15 is 0 Å². The van der Waals surface area contributed by atoms with Crippen LogP contribution in [-0.2, 0) is 0 Å². The topological polar surface area (TPSA) is 62.8 Å². The first-order chi connectivity index (χ1) is 8.65. The second kappa shape index (κ2) is 7.95. The van der Waals surface area contributed by atoms with Gasteiger partial charge in [0.15, 0.2) is 0 Å². The van der Waals surface area contributed by atoms with Crippen LogP contribution in [0.15, 0.2) is 28.3 Å². The van der Waals surface area contributed by atoms with Crippen molar-refractivity contribution in [2.24, 2.45) is 15.8 Å². The fourth-order valence-corrected chi connectivity index (χ4v) is 1.69. The summed E-state index contributed by atoms with van der Waals surface area (Å²) in [4.78, 5) is 4.09. The maximum atomic E-state index is 5.98. The van der Waals surface area contributed by atoms with Gasteiger partial charge in [0.1, 0.15) is 0 Å². The molecule has 0 aromatic heterocycles. The number of hydrazone groups is 1. The predicted octanol–water partition coefficient (Wildman–Crippen LogP) is 3.03. The Kier molecular flexibility index (Phi) is 6.54. The third kappa shape index (κ3) is 4.94. The van der Waals surface area contributed by atoms with Gasteiger partial charge in [0.2, 0.25) is 5.96 Å². The highest BCUT2D eigenvalue weighted by Gasteiger charge is 2.01. The Morgan fingerprint density at radius 1 is 1.39 bits per heavy atom. The third-order valence-corrected chi connectivity index (χ3v) is 2.83. The maximum absolute atomic E-state index is 5.98. The van der Waals surface area contributed by atoms with Gasteiger partial charge in [0.25, 0.3) is 0 Å². The molecule has 1 rings (SSSR count). The molecule has 3 N–H and O–H groups in total. The van der Waals surface area contributed by atoms with Crippen LogP contribution in [0.5, 0.6) is 0 Å². The van der Waals surface area contributed by atoms with Gasteiger partial charge in [-0.25, -0.2) is 5.43 Å². The zero-order chi connectivity index (χ0) is 13.4. The van der Waals surface area contributed by atoms with E-state index < -0.39 is 0 Å². The average Bonchev–Trinajstić information content (AvgIpc) is 2.33. The SMILES string of the molecule is CCCCN=C(N)NN=Cc1c(Cl)cccc1Cl. The second-order valence-corrected chi connectivity index (χ2v) is 4.44. The lowest BCUT2D eigenvalue weighted by atomic mass is 10.2. The third-order valence-electron chi connectivity index (χ3n) is 2.17. The molecule has 0 spiro atoms. The number of rotatable bonds is 5. The number of benzene rings is 1.